The van der Waals surface area contributed by atoms with Crippen LogP contribution in [0.2, 0.25) is 0 Å². The topological polar surface area (TPSA) is 77.4 Å². The minimum absolute atomic E-state index is 0.242. The van der Waals surface area contributed by atoms with Crippen molar-refractivity contribution >= 4 is 17.0 Å². The lowest BCUT2D eigenvalue weighted by molar-refractivity contribution is 0.0908. The summed E-state index contributed by atoms with van der Waals surface area (Å²) in [6.07, 6.45) is 1.44. The SMILES string of the molecule is C[C@@H](Cn1c(=O)oc2ccccc21)NC(=O)c1ccco1. The van der Waals surface area contributed by atoms with Gasteiger partial charge in [0.15, 0.2) is 11.3 Å². The zero-order valence-electron chi connectivity index (χ0n) is 11.4. The Bertz CT molecular complexity index is 814. The van der Waals surface area contributed by atoms with Crippen LogP contribution in [0.3, 0.4) is 0 Å². The number of hydrogen-bond acceptors (Lipinski definition) is 4. The summed E-state index contributed by atoms with van der Waals surface area (Å²) in [6, 6.07) is 10.2. The van der Waals surface area contributed by atoms with Crippen LogP contribution in [0.4, 0.5) is 0 Å². The molecule has 108 valence electrons. The number of para-hydroxylation sites is 2. The number of carbonyl (C=O) groups is 1. The first-order chi connectivity index (χ1) is 10.1. The summed E-state index contributed by atoms with van der Waals surface area (Å²) in [4.78, 5) is 23.7. The van der Waals surface area contributed by atoms with Crippen molar-refractivity contribution in [2.75, 3.05) is 0 Å². The fourth-order valence-electron chi connectivity index (χ4n) is 2.21. The Morgan fingerprint density at radius 2 is 2.10 bits per heavy atom. The summed E-state index contributed by atoms with van der Waals surface area (Å²) in [5.41, 5.74) is 1.24. The molecule has 1 amide bonds. The molecule has 6 nitrogen and oxygen atoms in total. The summed E-state index contributed by atoms with van der Waals surface area (Å²) in [7, 11) is 0. The van der Waals surface area contributed by atoms with Gasteiger partial charge in [-0.2, -0.15) is 0 Å². The Hall–Kier alpha value is -2.76. The average molecular weight is 286 g/mol. The second kappa shape index (κ2) is 5.32. The van der Waals surface area contributed by atoms with Gasteiger partial charge in [-0.15, -0.1) is 0 Å². The lowest BCUT2D eigenvalue weighted by Crippen LogP contribution is -2.37. The number of fused-ring (bicyclic) bond motifs is 1. The normalized spacial score (nSPS) is 12.4. The lowest BCUT2D eigenvalue weighted by atomic mass is 10.3. The molecule has 0 fully saturated rings. The number of furan rings is 1. The van der Waals surface area contributed by atoms with Gasteiger partial charge in [-0.25, -0.2) is 4.79 Å². The van der Waals surface area contributed by atoms with Crippen LogP contribution in [0.25, 0.3) is 11.1 Å². The Labute approximate surface area is 120 Å². The number of nitrogens with zero attached hydrogens (tertiary/aromatic N) is 1. The second-order valence-corrected chi connectivity index (χ2v) is 4.80. The molecule has 21 heavy (non-hydrogen) atoms. The molecule has 2 heterocycles. The summed E-state index contributed by atoms with van der Waals surface area (Å²) in [5.74, 6) is -0.505. The first-order valence-corrected chi connectivity index (χ1v) is 6.58. The van der Waals surface area contributed by atoms with Crippen molar-refractivity contribution in [1.29, 1.82) is 0 Å². The van der Waals surface area contributed by atoms with Gasteiger partial charge in [0.1, 0.15) is 0 Å². The number of aromatic nitrogens is 1. The Morgan fingerprint density at radius 3 is 2.86 bits per heavy atom. The van der Waals surface area contributed by atoms with E-state index in [0.29, 0.717) is 17.6 Å². The maximum Gasteiger partial charge on any atom is 0.420 e. The monoisotopic (exact) mass is 286 g/mol. The summed E-state index contributed by atoms with van der Waals surface area (Å²) in [6.45, 7) is 2.14. The molecule has 0 spiro atoms. The van der Waals surface area contributed by atoms with E-state index in [9.17, 15) is 9.59 Å². The predicted octanol–water partition coefficient (Wildman–Crippen LogP) is 2.01. The van der Waals surface area contributed by atoms with Gasteiger partial charge in [0.05, 0.1) is 11.8 Å². The number of carbonyl (C=O) groups excluding carboxylic acids is 1. The lowest BCUT2D eigenvalue weighted by Gasteiger charge is -2.13. The Balaban J connectivity index is 1.77. The summed E-state index contributed by atoms with van der Waals surface area (Å²) >= 11 is 0. The van der Waals surface area contributed by atoms with Gasteiger partial charge < -0.3 is 14.2 Å². The molecule has 0 aliphatic heterocycles. The fraction of sp³-hybridized carbons (Fsp3) is 0.200. The molecule has 0 radical (unpaired) electrons. The molecule has 0 saturated carbocycles. The molecule has 2 aromatic heterocycles. The van der Waals surface area contributed by atoms with Gasteiger partial charge in [0.25, 0.3) is 5.91 Å². The Morgan fingerprint density at radius 1 is 1.29 bits per heavy atom. The van der Waals surface area contributed by atoms with Crippen molar-refractivity contribution in [3.8, 4) is 0 Å². The highest BCUT2D eigenvalue weighted by atomic mass is 16.4. The molecule has 1 aromatic carbocycles. The van der Waals surface area contributed by atoms with E-state index in [-0.39, 0.29) is 17.7 Å². The summed E-state index contributed by atoms with van der Waals surface area (Å²) in [5, 5.41) is 2.78. The molecule has 0 saturated heterocycles. The highest BCUT2D eigenvalue weighted by Gasteiger charge is 2.15. The van der Waals surface area contributed by atoms with E-state index in [1.807, 2.05) is 13.0 Å². The van der Waals surface area contributed by atoms with Crippen LogP contribution in [-0.2, 0) is 6.54 Å². The molecule has 1 N–H and O–H groups in total. The van der Waals surface area contributed by atoms with Crippen LogP contribution in [0.15, 0.2) is 56.3 Å². The second-order valence-electron chi connectivity index (χ2n) is 4.80. The fourth-order valence-corrected chi connectivity index (χ4v) is 2.21. The molecular weight excluding hydrogens is 272 g/mol. The van der Waals surface area contributed by atoms with E-state index in [0.717, 1.165) is 0 Å². The van der Waals surface area contributed by atoms with Gasteiger partial charge in [-0.05, 0) is 31.2 Å². The van der Waals surface area contributed by atoms with Crippen LogP contribution in [-0.4, -0.2) is 16.5 Å². The van der Waals surface area contributed by atoms with E-state index in [1.165, 1.54) is 10.8 Å². The maximum absolute atomic E-state index is 11.9. The third-order valence-electron chi connectivity index (χ3n) is 3.15. The van der Waals surface area contributed by atoms with Crippen LogP contribution in [0.1, 0.15) is 17.5 Å². The number of benzene rings is 1. The molecule has 3 rings (SSSR count). The van der Waals surface area contributed by atoms with Crippen molar-refractivity contribution in [2.45, 2.75) is 19.5 Å². The molecule has 0 bridgehead atoms. The molecule has 0 aliphatic rings. The first-order valence-electron chi connectivity index (χ1n) is 6.58. The van der Waals surface area contributed by atoms with E-state index in [1.54, 1.807) is 30.3 Å². The maximum atomic E-state index is 11.9. The van der Waals surface area contributed by atoms with Crippen molar-refractivity contribution < 1.29 is 13.6 Å². The van der Waals surface area contributed by atoms with E-state index in [2.05, 4.69) is 5.32 Å². The molecule has 1 atom stereocenters. The van der Waals surface area contributed by atoms with Gasteiger partial charge >= 0.3 is 5.76 Å². The number of hydrogen-bond donors (Lipinski definition) is 1. The first kappa shape index (κ1) is 13.2. The largest absolute Gasteiger partial charge is 0.459 e. The van der Waals surface area contributed by atoms with Gasteiger partial charge in [0.2, 0.25) is 0 Å². The predicted molar refractivity (Wildman–Crippen MR) is 76.1 cm³/mol. The molecule has 3 aromatic rings. The zero-order valence-corrected chi connectivity index (χ0v) is 11.4. The van der Waals surface area contributed by atoms with Crippen molar-refractivity contribution in [3.63, 3.8) is 0 Å². The molecule has 6 heteroatoms. The van der Waals surface area contributed by atoms with Crippen LogP contribution in [0.5, 0.6) is 0 Å². The van der Waals surface area contributed by atoms with Gasteiger partial charge in [0, 0.05) is 12.6 Å². The smallest absolute Gasteiger partial charge is 0.420 e. The van der Waals surface area contributed by atoms with Gasteiger partial charge in [-0.1, -0.05) is 12.1 Å². The zero-order chi connectivity index (χ0) is 14.8. The standard InChI is InChI=1S/C15H14N2O4/c1-10(16-14(18)13-7-4-8-20-13)9-17-11-5-2-3-6-12(11)21-15(17)19/h2-8,10H,9H2,1H3,(H,16,18)/t10-/m0/s1. The van der Waals surface area contributed by atoms with Crippen molar-refractivity contribution in [1.82, 2.24) is 9.88 Å². The number of rotatable bonds is 4. The van der Waals surface area contributed by atoms with Crippen molar-refractivity contribution in [3.05, 3.63) is 59.0 Å². The van der Waals surface area contributed by atoms with Gasteiger partial charge in [-0.3, -0.25) is 9.36 Å². The summed E-state index contributed by atoms with van der Waals surface area (Å²) < 4.78 is 11.7. The van der Waals surface area contributed by atoms with E-state index < -0.39 is 5.76 Å². The highest BCUT2D eigenvalue weighted by Crippen LogP contribution is 2.12. The van der Waals surface area contributed by atoms with E-state index >= 15 is 0 Å². The van der Waals surface area contributed by atoms with Crippen LogP contribution in [0, 0.1) is 0 Å². The van der Waals surface area contributed by atoms with E-state index in [4.69, 9.17) is 8.83 Å². The minimum Gasteiger partial charge on any atom is -0.459 e. The van der Waals surface area contributed by atoms with Crippen LogP contribution < -0.4 is 11.1 Å². The third kappa shape index (κ3) is 2.60. The molecule has 0 unspecified atom stereocenters. The number of oxazole rings is 1. The van der Waals surface area contributed by atoms with Crippen molar-refractivity contribution in [2.24, 2.45) is 0 Å². The quantitative estimate of drug-likeness (QED) is 0.795. The minimum atomic E-state index is -0.435. The average Bonchev–Trinajstić information content (AvgIpc) is 3.08. The number of amides is 1. The highest BCUT2D eigenvalue weighted by molar-refractivity contribution is 5.91. The molecular formula is C15H14N2O4. The third-order valence-corrected chi connectivity index (χ3v) is 3.15. The molecule has 0 aliphatic carbocycles. The van der Waals surface area contributed by atoms with Crippen LogP contribution >= 0.6 is 0 Å². The Kier molecular flexibility index (Phi) is 3.35. The number of nitrogens with one attached hydrogen (secondary N) is 1.